The normalized spacial score (nSPS) is 11.4. The van der Waals surface area contributed by atoms with Gasteiger partial charge in [0.1, 0.15) is 5.76 Å². The molecule has 7 nitrogen and oxygen atoms in total. The Morgan fingerprint density at radius 1 is 1.14 bits per heavy atom. The number of hydrogen-bond acceptors (Lipinski definition) is 5. The van der Waals surface area contributed by atoms with Crippen molar-refractivity contribution in [3.05, 3.63) is 52.9 Å². The summed E-state index contributed by atoms with van der Waals surface area (Å²) >= 11 is 1.58. The minimum atomic E-state index is -0.255. The SMILES string of the molecule is CC(C)(C)c1ccc(C(=O)NCCCNC(=O)c2cc(-c3cccs3)[nH]n2)o1. The van der Waals surface area contributed by atoms with Gasteiger partial charge in [0.2, 0.25) is 0 Å². The van der Waals surface area contributed by atoms with Gasteiger partial charge in [-0.15, -0.1) is 11.3 Å². The van der Waals surface area contributed by atoms with Crippen LogP contribution in [0.3, 0.4) is 0 Å². The molecule has 0 saturated carbocycles. The largest absolute Gasteiger partial charge is 0.455 e. The molecule has 3 aromatic heterocycles. The number of thiophene rings is 1. The molecule has 0 aliphatic carbocycles. The van der Waals surface area contributed by atoms with Crippen LogP contribution in [0.25, 0.3) is 10.6 Å². The van der Waals surface area contributed by atoms with E-state index >= 15 is 0 Å². The van der Waals surface area contributed by atoms with Crippen molar-refractivity contribution >= 4 is 23.2 Å². The number of rotatable bonds is 7. The molecule has 148 valence electrons. The Balaban J connectivity index is 1.39. The van der Waals surface area contributed by atoms with Gasteiger partial charge in [-0.1, -0.05) is 26.8 Å². The molecular formula is C20H24N4O3S. The number of carbonyl (C=O) groups is 2. The van der Waals surface area contributed by atoms with Gasteiger partial charge in [0.05, 0.1) is 10.6 Å². The number of aromatic amines is 1. The number of hydrogen-bond donors (Lipinski definition) is 3. The fraction of sp³-hybridized carbons (Fsp3) is 0.350. The van der Waals surface area contributed by atoms with Gasteiger partial charge in [0, 0.05) is 18.5 Å². The fourth-order valence-corrected chi connectivity index (χ4v) is 3.22. The van der Waals surface area contributed by atoms with Crippen LogP contribution in [0.2, 0.25) is 0 Å². The number of aromatic nitrogens is 2. The van der Waals surface area contributed by atoms with E-state index in [1.165, 1.54) is 0 Å². The summed E-state index contributed by atoms with van der Waals surface area (Å²) in [5.41, 5.74) is 1.02. The molecule has 3 heterocycles. The highest BCUT2D eigenvalue weighted by Crippen LogP contribution is 2.24. The molecule has 0 aliphatic heterocycles. The lowest BCUT2D eigenvalue weighted by Crippen LogP contribution is -2.30. The third-order valence-electron chi connectivity index (χ3n) is 4.09. The van der Waals surface area contributed by atoms with E-state index < -0.39 is 0 Å². The van der Waals surface area contributed by atoms with Crippen molar-refractivity contribution in [2.45, 2.75) is 32.6 Å². The molecule has 3 N–H and O–H groups in total. The second-order valence-electron chi connectivity index (χ2n) is 7.42. The number of nitrogens with zero attached hydrogens (tertiary/aromatic N) is 1. The van der Waals surface area contributed by atoms with E-state index in [-0.39, 0.29) is 17.2 Å². The number of amides is 2. The van der Waals surface area contributed by atoms with E-state index in [0.717, 1.165) is 16.3 Å². The quantitative estimate of drug-likeness (QED) is 0.528. The van der Waals surface area contributed by atoms with Crippen LogP contribution in [0.4, 0.5) is 0 Å². The predicted molar refractivity (Wildman–Crippen MR) is 109 cm³/mol. The highest BCUT2D eigenvalue weighted by atomic mass is 32.1. The summed E-state index contributed by atoms with van der Waals surface area (Å²) in [5, 5.41) is 14.5. The van der Waals surface area contributed by atoms with Crippen LogP contribution in [0.15, 0.2) is 40.1 Å². The molecule has 0 radical (unpaired) electrons. The van der Waals surface area contributed by atoms with Gasteiger partial charge in [-0.05, 0) is 36.1 Å². The van der Waals surface area contributed by atoms with Gasteiger partial charge in [-0.25, -0.2) is 0 Å². The zero-order valence-corrected chi connectivity index (χ0v) is 17.0. The maximum Gasteiger partial charge on any atom is 0.286 e. The van der Waals surface area contributed by atoms with Crippen LogP contribution in [0.1, 0.15) is 54.0 Å². The average Bonchev–Trinajstić information content (AvgIpc) is 3.41. The zero-order valence-electron chi connectivity index (χ0n) is 16.2. The Hall–Kier alpha value is -2.87. The monoisotopic (exact) mass is 400 g/mol. The highest BCUT2D eigenvalue weighted by molar-refractivity contribution is 7.13. The lowest BCUT2D eigenvalue weighted by atomic mass is 9.94. The lowest BCUT2D eigenvalue weighted by molar-refractivity contribution is 0.0922. The van der Waals surface area contributed by atoms with E-state index in [9.17, 15) is 9.59 Å². The van der Waals surface area contributed by atoms with Crippen LogP contribution in [0.5, 0.6) is 0 Å². The molecule has 0 atom stereocenters. The van der Waals surface area contributed by atoms with Gasteiger partial charge in [-0.2, -0.15) is 5.10 Å². The standard InChI is InChI=1S/C20H24N4O3S/c1-20(2,3)17-8-7-15(27-17)19(26)22-10-5-9-21-18(25)14-12-13(23-24-14)16-6-4-11-28-16/h4,6-8,11-12H,5,9-10H2,1-3H3,(H,21,25)(H,22,26)(H,23,24). The summed E-state index contributed by atoms with van der Waals surface area (Å²) in [7, 11) is 0. The van der Waals surface area contributed by atoms with Crippen molar-refractivity contribution in [2.75, 3.05) is 13.1 Å². The van der Waals surface area contributed by atoms with Crippen LogP contribution < -0.4 is 10.6 Å². The summed E-state index contributed by atoms with van der Waals surface area (Å²) < 4.78 is 5.60. The maximum atomic E-state index is 12.2. The van der Waals surface area contributed by atoms with Gasteiger partial charge in [0.15, 0.2) is 11.5 Å². The summed E-state index contributed by atoms with van der Waals surface area (Å²) in [6, 6.07) is 9.14. The van der Waals surface area contributed by atoms with E-state index in [4.69, 9.17) is 4.42 Å². The van der Waals surface area contributed by atoms with Crippen molar-refractivity contribution in [1.29, 1.82) is 0 Å². The Morgan fingerprint density at radius 3 is 2.54 bits per heavy atom. The first-order valence-electron chi connectivity index (χ1n) is 9.10. The van der Waals surface area contributed by atoms with Crippen LogP contribution >= 0.6 is 11.3 Å². The summed E-state index contributed by atoms with van der Waals surface area (Å²) in [5.74, 6) is 0.568. The summed E-state index contributed by atoms with van der Waals surface area (Å²) in [4.78, 5) is 25.3. The number of nitrogens with one attached hydrogen (secondary N) is 3. The molecular weight excluding hydrogens is 376 g/mol. The fourth-order valence-electron chi connectivity index (χ4n) is 2.53. The van der Waals surface area contributed by atoms with E-state index in [2.05, 4.69) is 20.8 Å². The smallest absolute Gasteiger partial charge is 0.286 e. The molecule has 3 aromatic rings. The summed E-state index contributed by atoms with van der Waals surface area (Å²) in [6.07, 6.45) is 0.604. The highest BCUT2D eigenvalue weighted by Gasteiger charge is 2.20. The molecule has 28 heavy (non-hydrogen) atoms. The van der Waals surface area contributed by atoms with Crippen molar-refractivity contribution in [1.82, 2.24) is 20.8 Å². The first kappa shape index (κ1) is 19.9. The second-order valence-corrected chi connectivity index (χ2v) is 8.37. The lowest BCUT2D eigenvalue weighted by Gasteiger charge is -2.14. The Labute approximate surface area is 167 Å². The van der Waals surface area contributed by atoms with Crippen molar-refractivity contribution in [3.8, 4) is 10.6 Å². The Bertz CT molecular complexity index is 935. The van der Waals surface area contributed by atoms with Gasteiger partial charge >= 0.3 is 0 Å². The Morgan fingerprint density at radius 2 is 1.89 bits per heavy atom. The maximum absolute atomic E-state index is 12.2. The number of H-pyrrole nitrogens is 1. The van der Waals surface area contributed by atoms with Crippen molar-refractivity contribution < 1.29 is 14.0 Å². The molecule has 0 saturated heterocycles. The van der Waals surface area contributed by atoms with Gasteiger partial charge < -0.3 is 15.1 Å². The van der Waals surface area contributed by atoms with Gasteiger partial charge in [0.25, 0.3) is 11.8 Å². The molecule has 0 fully saturated rings. The molecule has 0 aliphatic rings. The topological polar surface area (TPSA) is 100 Å². The average molecular weight is 401 g/mol. The minimum Gasteiger partial charge on any atom is -0.455 e. The van der Waals surface area contributed by atoms with Gasteiger partial charge in [-0.3, -0.25) is 14.7 Å². The molecule has 0 bridgehead atoms. The molecule has 2 amide bonds. The van der Waals surface area contributed by atoms with Crippen LogP contribution in [-0.2, 0) is 5.41 Å². The van der Waals surface area contributed by atoms with Crippen molar-refractivity contribution in [3.63, 3.8) is 0 Å². The zero-order chi connectivity index (χ0) is 20.1. The predicted octanol–water partition coefficient (Wildman–Crippen LogP) is 3.58. The third-order valence-corrected chi connectivity index (χ3v) is 4.99. The summed E-state index contributed by atoms with van der Waals surface area (Å²) in [6.45, 7) is 6.95. The van der Waals surface area contributed by atoms with E-state index in [1.807, 2.05) is 44.4 Å². The Kier molecular flexibility index (Phi) is 5.99. The van der Waals surface area contributed by atoms with Crippen LogP contribution in [0, 0.1) is 0 Å². The first-order chi connectivity index (χ1) is 13.3. The number of furan rings is 1. The van der Waals surface area contributed by atoms with Crippen molar-refractivity contribution in [2.24, 2.45) is 0 Å². The van der Waals surface area contributed by atoms with E-state index in [0.29, 0.717) is 31.0 Å². The molecule has 8 heteroatoms. The van der Waals surface area contributed by atoms with Crippen LogP contribution in [-0.4, -0.2) is 35.1 Å². The molecule has 0 unspecified atom stereocenters. The molecule has 0 aromatic carbocycles. The first-order valence-corrected chi connectivity index (χ1v) is 9.98. The second kappa shape index (κ2) is 8.43. The number of carbonyl (C=O) groups excluding carboxylic acids is 2. The third kappa shape index (κ3) is 4.89. The van der Waals surface area contributed by atoms with E-state index in [1.54, 1.807) is 23.5 Å². The molecule has 3 rings (SSSR count). The minimum absolute atomic E-state index is 0.140. The molecule has 0 spiro atoms.